The minimum absolute atomic E-state index is 0.0538. The summed E-state index contributed by atoms with van der Waals surface area (Å²) in [6, 6.07) is -0.871. The molecule has 3 N–H and O–H groups in total. The Labute approximate surface area is 492 Å². The van der Waals surface area contributed by atoms with Gasteiger partial charge in [0.2, 0.25) is 5.91 Å². The molecule has 0 rings (SSSR count). The zero-order valence-corrected chi connectivity index (χ0v) is 54.0. The lowest BCUT2D eigenvalue weighted by molar-refractivity contribution is -0.870. The van der Waals surface area contributed by atoms with Gasteiger partial charge in [-0.1, -0.05) is 306 Å². The fourth-order valence-corrected chi connectivity index (χ4v) is 10.8. The summed E-state index contributed by atoms with van der Waals surface area (Å²) in [5.74, 6) is -0.186. The third-order valence-electron chi connectivity index (χ3n) is 15.4. The van der Waals surface area contributed by atoms with Crippen molar-refractivity contribution in [3.63, 3.8) is 0 Å². The number of unbranched alkanes of at least 4 members (excludes halogenated alkanes) is 42. The molecule has 0 heterocycles. The van der Waals surface area contributed by atoms with E-state index in [4.69, 9.17) is 9.05 Å². The number of hydrogen-bond donors (Lipinski definition) is 3. The largest absolute Gasteiger partial charge is 0.472 e. The van der Waals surface area contributed by atoms with Crippen molar-refractivity contribution in [1.29, 1.82) is 0 Å². The first-order valence-electron chi connectivity index (χ1n) is 34.2. The van der Waals surface area contributed by atoms with Crippen LogP contribution in [-0.4, -0.2) is 73.4 Å². The molecule has 8 nitrogen and oxygen atoms in total. The lowest BCUT2D eigenvalue weighted by Gasteiger charge is -2.25. The van der Waals surface area contributed by atoms with Crippen molar-refractivity contribution in [3.8, 4) is 0 Å². The van der Waals surface area contributed by atoms with Gasteiger partial charge in [0.25, 0.3) is 0 Å². The molecule has 0 fully saturated rings. The van der Waals surface area contributed by atoms with Crippen LogP contribution in [0, 0.1) is 0 Å². The summed E-state index contributed by atoms with van der Waals surface area (Å²) in [7, 11) is 1.56. The summed E-state index contributed by atoms with van der Waals surface area (Å²) in [4.78, 5) is 23.4. The molecule has 0 aliphatic carbocycles. The van der Waals surface area contributed by atoms with E-state index in [1.807, 2.05) is 27.2 Å². The molecule has 3 atom stereocenters. The number of quaternary nitrogens is 1. The van der Waals surface area contributed by atoms with Crippen LogP contribution in [0.3, 0.4) is 0 Å². The average Bonchev–Trinajstić information content (AvgIpc) is 3.42. The summed E-state index contributed by atoms with van der Waals surface area (Å²) in [6.45, 7) is 4.81. The second-order valence-electron chi connectivity index (χ2n) is 24.5. The molecule has 79 heavy (non-hydrogen) atoms. The lowest BCUT2D eigenvalue weighted by atomic mass is 10.0. The number of hydrogen-bond acceptors (Lipinski definition) is 5. The summed E-state index contributed by atoms with van der Waals surface area (Å²) < 4.78 is 23.8. The van der Waals surface area contributed by atoms with Gasteiger partial charge in [-0.25, -0.2) is 4.57 Å². The summed E-state index contributed by atoms with van der Waals surface area (Å²) in [5, 5.41) is 14.0. The maximum atomic E-state index is 13.0. The molecular formula is C70H134N2O6P+. The van der Waals surface area contributed by atoms with Crippen LogP contribution in [0.5, 0.6) is 0 Å². The van der Waals surface area contributed by atoms with Crippen molar-refractivity contribution in [2.75, 3.05) is 40.9 Å². The van der Waals surface area contributed by atoms with Gasteiger partial charge in [-0.15, -0.1) is 0 Å². The van der Waals surface area contributed by atoms with Crippen molar-refractivity contribution in [2.45, 2.75) is 341 Å². The molecule has 0 saturated heterocycles. The van der Waals surface area contributed by atoms with E-state index in [1.165, 1.54) is 257 Å². The number of rotatable bonds is 63. The van der Waals surface area contributed by atoms with E-state index in [2.05, 4.69) is 67.8 Å². The van der Waals surface area contributed by atoms with Crippen LogP contribution in [-0.2, 0) is 18.4 Å². The maximum absolute atomic E-state index is 13.0. The van der Waals surface area contributed by atoms with Crippen molar-refractivity contribution in [1.82, 2.24) is 5.32 Å². The van der Waals surface area contributed by atoms with Crippen molar-refractivity contribution >= 4 is 13.7 Å². The Kier molecular flexibility index (Phi) is 59.4. The first-order chi connectivity index (χ1) is 38.5. The molecule has 1 amide bonds. The minimum Gasteiger partial charge on any atom is -0.387 e. The molecular weight excluding hydrogens is 996 g/mol. The fraction of sp³-hybridized carbons (Fsp3) is 0.843. The van der Waals surface area contributed by atoms with Crippen molar-refractivity contribution in [2.24, 2.45) is 0 Å². The molecule has 3 unspecified atom stereocenters. The van der Waals surface area contributed by atoms with E-state index in [-0.39, 0.29) is 19.1 Å². The number of aliphatic hydroxyl groups is 1. The Hall–Kier alpha value is -1.80. The van der Waals surface area contributed by atoms with E-state index in [1.54, 1.807) is 6.08 Å². The first kappa shape index (κ1) is 77.2. The zero-order chi connectivity index (χ0) is 57.7. The quantitative estimate of drug-likeness (QED) is 0.0243. The van der Waals surface area contributed by atoms with Crippen LogP contribution in [0.4, 0.5) is 0 Å². The van der Waals surface area contributed by atoms with E-state index in [0.717, 1.165) is 51.4 Å². The average molecular weight is 1130 g/mol. The van der Waals surface area contributed by atoms with Crippen LogP contribution in [0.1, 0.15) is 328 Å². The smallest absolute Gasteiger partial charge is 0.387 e. The normalized spacial score (nSPS) is 14.1. The monoisotopic (exact) mass is 1130 g/mol. The van der Waals surface area contributed by atoms with Gasteiger partial charge in [-0.2, -0.15) is 0 Å². The number of nitrogens with one attached hydrogen (secondary N) is 1. The SMILES string of the molecule is CCCCCCC/C=C\C/C=C\CCCCCCCCCCCCCCCCCCCCCCCCCC(=O)NC(COP(=O)(O)OCC[N+](C)(C)C)C(O)/C=C/CC/C=C/CC/C=C/CCCCCCCCCCCCCC. The molecule has 0 saturated carbocycles. The molecule has 0 bridgehead atoms. The van der Waals surface area contributed by atoms with Gasteiger partial charge in [0.05, 0.1) is 39.9 Å². The van der Waals surface area contributed by atoms with Gasteiger partial charge in [0.1, 0.15) is 13.2 Å². The number of carbonyl (C=O) groups excluding carboxylic acids is 1. The van der Waals surface area contributed by atoms with Crippen molar-refractivity contribution < 1.29 is 32.9 Å². The minimum atomic E-state index is -4.36. The van der Waals surface area contributed by atoms with Gasteiger partial charge in [0.15, 0.2) is 0 Å². The highest BCUT2D eigenvalue weighted by Gasteiger charge is 2.28. The Morgan fingerprint density at radius 1 is 0.430 bits per heavy atom. The Bertz CT molecular complexity index is 1470. The fourth-order valence-electron chi connectivity index (χ4n) is 10.1. The molecule has 0 aromatic heterocycles. The Morgan fingerprint density at radius 2 is 0.734 bits per heavy atom. The topological polar surface area (TPSA) is 105 Å². The van der Waals surface area contributed by atoms with Gasteiger partial charge in [-0.05, 0) is 77.0 Å². The highest BCUT2D eigenvalue weighted by Crippen LogP contribution is 2.43. The molecule has 0 aliphatic rings. The molecule has 0 aromatic rings. The number of aliphatic hydroxyl groups excluding tert-OH is 1. The maximum Gasteiger partial charge on any atom is 0.472 e. The van der Waals surface area contributed by atoms with E-state index >= 15 is 0 Å². The number of phosphoric ester groups is 1. The molecule has 0 aliphatic heterocycles. The number of nitrogens with zero attached hydrogens (tertiary/aromatic N) is 1. The molecule has 0 radical (unpaired) electrons. The first-order valence-corrected chi connectivity index (χ1v) is 35.7. The number of amides is 1. The summed E-state index contributed by atoms with van der Waals surface area (Å²) >= 11 is 0. The molecule has 0 aromatic carbocycles. The highest BCUT2D eigenvalue weighted by molar-refractivity contribution is 7.47. The number of carbonyl (C=O) groups is 1. The van der Waals surface area contributed by atoms with Gasteiger partial charge < -0.3 is 19.8 Å². The highest BCUT2D eigenvalue weighted by atomic mass is 31.2. The predicted molar refractivity (Wildman–Crippen MR) is 346 cm³/mol. The third kappa shape index (κ3) is 63.6. The molecule has 464 valence electrons. The van der Waals surface area contributed by atoms with E-state index < -0.39 is 20.0 Å². The van der Waals surface area contributed by atoms with E-state index in [0.29, 0.717) is 17.4 Å². The van der Waals surface area contributed by atoms with Crippen molar-refractivity contribution in [3.05, 3.63) is 60.8 Å². The zero-order valence-electron chi connectivity index (χ0n) is 53.1. The number of allylic oxidation sites excluding steroid dienone is 9. The second kappa shape index (κ2) is 60.8. The number of likely N-dealkylation sites (N-methyl/N-ethyl adjacent to an activating group) is 1. The van der Waals surface area contributed by atoms with Crippen LogP contribution >= 0.6 is 7.82 Å². The standard InChI is InChI=1S/C70H133N2O6P/c1-6-8-10-12-14-16-18-20-22-24-26-28-30-31-32-33-34-35-36-37-38-39-40-41-42-44-46-48-50-52-54-56-58-60-62-64-70(74)71-68(67-78-79(75,76)77-66-65-72(3,4)5)69(73)63-61-59-57-55-53-51-49-47-45-43-29-27-25-23-21-19-17-15-13-11-9-7-2/h18,20,24,26,45,47,53,55,61,63,68-69,73H,6-17,19,21-23,25,27-44,46,48-52,54,56-60,62,64-67H2,1-5H3,(H-,71,74,75,76)/p+1/b20-18-,26-24-,47-45+,55-53+,63-61+. The molecule has 9 heteroatoms. The molecule has 0 spiro atoms. The van der Waals surface area contributed by atoms with Gasteiger partial charge in [0, 0.05) is 6.42 Å². The van der Waals surface area contributed by atoms with Crippen LogP contribution in [0.25, 0.3) is 0 Å². The number of phosphoric acid groups is 1. The van der Waals surface area contributed by atoms with Crippen LogP contribution in [0.15, 0.2) is 60.8 Å². The van der Waals surface area contributed by atoms with Gasteiger partial charge >= 0.3 is 7.82 Å². The predicted octanol–water partition coefficient (Wildman–Crippen LogP) is 21.6. The van der Waals surface area contributed by atoms with Gasteiger partial charge in [-0.3, -0.25) is 13.8 Å². The lowest BCUT2D eigenvalue weighted by Crippen LogP contribution is -2.45. The summed E-state index contributed by atoms with van der Waals surface area (Å²) in [5.41, 5.74) is 0. The van der Waals surface area contributed by atoms with Crippen LogP contribution in [0.2, 0.25) is 0 Å². The van der Waals surface area contributed by atoms with E-state index in [9.17, 15) is 19.4 Å². The van der Waals surface area contributed by atoms with Crippen LogP contribution < -0.4 is 5.32 Å². The Morgan fingerprint density at radius 3 is 1.09 bits per heavy atom. The second-order valence-corrected chi connectivity index (χ2v) is 26.0. The Balaban J connectivity index is 4.06. The summed E-state index contributed by atoms with van der Waals surface area (Å²) in [6.07, 6.45) is 83.7. The third-order valence-corrected chi connectivity index (χ3v) is 16.4.